The number of aryl methyl sites for hydroxylation is 1. The van der Waals surface area contributed by atoms with Gasteiger partial charge >= 0.3 is 0 Å². The maximum absolute atomic E-state index is 12.4. The summed E-state index contributed by atoms with van der Waals surface area (Å²) in [6, 6.07) is 9.02. The fourth-order valence-electron chi connectivity index (χ4n) is 2.08. The number of rotatable bonds is 6. The molecule has 0 radical (unpaired) electrons. The molecule has 3 N–H and O–H groups in total. The number of primary sulfonamides is 1. The van der Waals surface area contributed by atoms with Crippen LogP contribution in [0.2, 0.25) is 0 Å². The minimum Gasteiger partial charge on any atom is -0.258 e. The van der Waals surface area contributed by atoms with Crippen LogP contribution < -0.4 is 9.86 Å². The van der Waals surface area contributed by atoms with Crippen LogP contribution in [0.5, 0.6) is 0 Å². The molecule has 2 rings (SSSR count). The van der Waals surface area contributed by atoms with E-state index in [1.807, 2.05) is 0 Å². The minimum absolute atomic E-state index is 0.143. The van der Waals surface area contributed by atoms with Crippen LogP contribution >= 0.6 is 0 Å². The van der Waals surface area contributed by atoms with Crippen molar-refractivity contribution in [3.05, 3.63) is 63.7 Å². The fraction of sp³-hybridized carbons (Fsp3) is 0.143. The van der Waals surface area contributed by atoms with Gasteiger partial charge in [0.05, 0.1) is 14.7 Å². The molecule has 0 aromatic heterocycles. The third-order valence-corrected chi connectivity index (χ3v) is 5.82. The molecule has 0 saturated heterocycles. The lowest BCUT2D eigenvalue weighted by molar-refractivity contribution is -0.385. The van der Waals surface area contributed by atoms with E-state index in [0.29, 0.717) is 11.1 Å². The minimum atomic E-state index is -4.03. The van der Waals surface area contributed by atoms with Crippen molar-refractivity contribution < 1.29 is 21.8 Å². The van der Waals surface area contributed by atoms with Gasteiger partial charge in [-0.2, -0.15) is 0 Å². The molecule has 2 aromatic rings. The molecule has 0 saturated carbocycles. The predicted octanol–water partition coefficient (Wildman–Crippen LogP) is 1.03. The predicted molar refractivity (Wildman–Crippen MR) is 89.7 cm³/mol. The summed E-state index contributed by atoms with van der Waals surface area (Å²) in [4.78, 5) is 9.78. The normalized spacial score (nSPS) is 12.1. The van der Waals surface area contributed by atoms with E-state index in [9.17, 15) is 26.9 Å². The van der Waals surface area contributed by atoms with Crippen molar-refractivity contribution in [2.45, 2.75) is 23.3 Å². The van der Waals surface area contributed by atoms with Crippen molar-refractivity contribution >= 4 is 25.7 Å². The number of benzene rings is 2. The molecule has 0 aliphatic heterocycles. The highest BCUT2D eigenvalue weighted by atomic mass is 32.2. The molecular formula is C14H15N3O6S2. The first-order valence-electron chi connectivity index (χ1n) is 6.87. The second-order valence-electron chi connectivity index (χ2n) is 5.22. The van der Waals surface area contributed by atoms with Crippen molar-refractivity contribution in [3.63, 3.8) is 0 Å². The Balaban J connectivity index is 2.29. The summed E-state index contributed by atoms with van der Waals surface area (Å²) in [5.74, 6) is 0. The first kappa shape index (κ1) is 19.0. The highest BCUT2D eigenvalue weighted by molar-refractivity contribution is 7.89. The van der Waals surface area contributed by atoms with Crippen LogP contribution in [-0.2, 0) is 26.6 Å². The van der Waals surface area contributed by atoms with Crippen LogP contribution in [0.1, 0.15) is 11.1 Å². The van der Waals surface area contributed by atoms with Gasteiger partial charge in [0, 0.05) is 18.7 Å². The van der Waals surface area contributed by atoms with Crippen molar-refractivity contribution in [1.82, 2.24) is 4.72 Å². The van der Waals surface area contributed by atoms with Gasteiger partial charge in [-0.15, -0.1) is 0 Å². The number of nitrogens with zero attached hydrogens (tertiary/aromatic N) is 1. The van der Waals surface area contributed by atoms with Crippen LogP contribution in [0.25, 0.3) is 0 Å². The number of nitro benzene ring substituents is 1. The summed E-state index contributed by atoms with van der Waals surface area (Å²) in [6.45, 7) is 1.31. The van der Waals surface area contributed by atoms with Crippen molar-refractivity contribution in [1.29, 1.82) is 0 Å². The number of nitro groups is 1. The average molecular weight is 385 g/mol. The van der Waals surface area contributed by atoms with Crippen LogP contribution in [0.15, 0.2) is 52.3 Å². The summed E-state index contributed by atoms with van der Waals surface area (Å²) in [5, 5.41) is 15.9. The number of hydrogen-bond donors (Lipinski definition) is 2. The summed E-state index contributed by atoms with van der Waals surface area (Å²) in [5.41, 5.74) is 0.372. The number of hydrogen-bond acceptors (Lipinski definition) is 6. The lowest BCUT2D eigenvalue weighted by Gasteiger charge is -2.10. The molecule has 134 valence electrons. The Labute approximate surface area is 144 Å². The van der Waals surface area contributed by atoms with E-state index in [2.05, 4.69) is 4.72 Å². The first-order chi connectivity index (χ1) is 11.5. The Morgan fingerprint density at radius 3 is 2.40 bits per heavy atom. The summed E-state index contributed by atoms with van der Waals surface area (Å²) < 4.78 is 49.8. The molecule has 0 aliphatic rings. The van der Waals surface area contributed by atoms with Crippen LogP contribution in [0, 0.1) is 17.0 Å². The van der Waals surface area contributed by atoms with Crippen molar-refractivity contribution in [3.8, 4) is 0 Å². The molecule has 25 heavy (non-hydrogen) atoms. The lowest BCUT2D eigenvalue weighted by Crippen LogP contribution is -2.24. The standard InChI is InChI=1S/C14H15N3O6S2/c1-10-5-6-12(17(18)19)8-14(10)25(22,23)16-9-11-3-2-4-13(7-11)24(15,20)21/h2-8,16H,9H2,1H3,(H2,15,20,21). The highest BCUT2D eigenvalue weighted by Gasteiger charge is 2.20. The maximum Gasteiger partial charge on any atom is 0.270 e. The molecule has 11 heteroatoms. The topological polar surface area (TPSA) is 149 Å². The second kappa shape index (κ2) is 6.88. The molecule has 0 atom stereocenters. The molecule has 0 spiro atoms. The van der Waals surface area contributed by atoms with Gasteiger partial charge in [-0.3, -0.25) is 10.1 Å². The van der Waals surface area contributed by atoms with Gasteiger partial charge < -0.3 is 0 Å². The average Bonchev–Trinajstić information content (AvgIpc) is 2.52. The highest BCUT2D eigenvalue weighted by Crippen LogP contribution is 2.22. The third-order valence-electron chi connectivity index (χ3n) is 3.37. The summed E-state index contributed by atoms with van der Waals surface area (Å²) in [6.07, 6.45) is 0. The zero-order valence-corrected chi connectivity index (χ0v) is 14.7. The number of nitrogens with two attached hydrogens (primary N) is 1. The van der Waals surface area contributed by atoms with Gasteiger partial charge in [-0.1, -0.05) is 18.2 Å². The zero-order chi connectivity index (χ0) is 18.8. The van der Waals surface area contributed by atoms with E-state index >= 15 is 0 Å². The zero-order valence-electron chi connectivity index (χ0n) is 13.0. The van der Waals surface area contributed by atoms with Crippen molar-refractivity contribution in [2.75, 3.05) is 0 Å². The summed E-state index contributed by atoms with van der Waals surface area (Å²) >= 11 is 0. The molecule has 0 amide bonds. The Morgan fingerprint density at radius 1 is 1.12 bits per heavy atom. The molecule has 0 aliphatic carbocycles. The number of nitrogens with one attached hydrogen (secondary N) is 1. The van der Waals surface area contributed by atoms with Crippen LogP contribution in [0.3, 0.4) is 0 Å². The number of non-ortho nitro benzene ring substituents is 1. The Morgan fingerprint density at radius 2 is 1.80 bits per heavy atom. The van der Waals surface area contributed by atoms with E-state index in [1.165, 1.54) is 43.3 Å². The van der Waals surface area contributed by atoms with Gasteiger partial charge in [0.2, 0.25) is 20.0 Å². The van der Waals surface area contributed by atoms with Crippen LogP contribution in [0.4, 0.5) is 5.69 Å². The van der Waals surface area contributed by atoms with E-state index in [4.69, 9.17) is 5.14 Å². The molecule has 0 heterocycles. The van der Waals surface area contributed by atoms with Crippen molar-refractivity contribution in [2.24, 2.45) is 5.14 Å². The Kier molecular flexibility index (Phi) is 5.23. The van der Waals surface area contributed by atoms with Gasteiger partial charge in [0.15, 0.2) is 0 Å². The van der Waals surface area contributed by atoms with E-state index in [-0.39, 0.29) is 22.0 Å². The Bertz CT molecular complexity index is 1030. The molecule has 9 nitrogen and oxygen atoms in total. The molecule has 0 unspecified atom stereocenters. The van der Waals surface area contributed by atoms with Gasteiger partial charge in [0.25, 0.3) is 5.69 Å². The van der Waals surface area contributed by atoms with Crippen LogP contribution in [-0.4, -0.2) is 21.8 Å². The smallest absolute Gasteiger partial charge is 0.258 e. The monoisotopic (exact) mass is 385 g/mol. The van der Waals surface area contributed by atoms with E-state index < -0.39 is 25.0 Å². The third kappa shape index (κ3) is 4.60. The fourth-order valence-corrected chi connectivity index (χ4v) is 3.94. The molecule has 0 bridgehead atoms. The quantitative estimate of drug-likeness (QED) is 0.560. The SMILES string of the molecule is Cc1ccc([N+](=O)[O-])cc1S(=O)(=O)NCc1cccc(S(N)(=O)=O)c1. The van der Waals surface area contributed by atoms with Gasteiger partial charge in [-0.05, 0) is 30.2 Å². The van der Waals surface area contributed by atoms with E-state index in [1.54, 1.807) is 0 Å². The number of sulfonamides is 2. The molecule has 2 aromatic carbocycles. The Hall–Kier alpha value is -2.34. The van der Waals surface area contributed by atoms with E-state index in [0.717, 1.165) is 6.07 Å². The van der Waals surface area contributed by atoms with Gasteiger partial charge in [0.1, 0.15) is 0 Å². The summed E-state index contributed by atoms with van der Waals surface area (Å²) in [7, 11) is -7.93. The molecule has 0 fully saturated rings. The molecular weight excluding hydrogens is 370 g/mol. The largest absolute Gasteiger partial charge is 0.270 e. The second-order valence-corrected chi connectivity index (χ2v) is 8.52. The van der Waals surface area contributed by atoms with Gasteiger partial charge in [-0.25, -0.2) is 26.7 Å². The maximum atomic E-state index is 12.4. The lowest BCUT2D eigenvalue weighted by atomic mass is 10.2. The first-order valence-corrected chi connectivity index (χ1v) is 9.90.